The summed E-state index contributed by atoms with van der Waals surface area (Å²) in [4.78, 5) is 24.8. The fourth-order valence-corrected chi connectivity index (χ4v) is 2.98. The number of carbonyl (C=O) groups excluding carboxylic acids is 1. The molecule has 0 atom stereocenters. The number of amides is 2. The van der Waals surface area contributed by atoms with Gasteiger partial charge in [-0.3, -0.25) is 4.57 Å². The fourth-order valence-electron chi connectivity index (χ4n) is 2.98. The number of hydrogen-bond acceptors (Lipinski definition) is 5. The van der Waals surface area contributed by atoms with Gasteiger partial charge < -0.3 is 15.4 Å². The lowest BCUT2D eigenvalue weighted by Crippen LogP contribution is -2.19. The molecule has 0 spiro atoms. The van der Waals surface area contributed by atoms with Gasteiger partial charge >= 0.3 is 6.03 Å². The van der Waals surface area contributed by atoms with Crippen LogP contribution in [0.4, 0.5) is 16.2 Å². The lowest BCUT2D eigenvalue weighted by atomic mass is 10.1. The summed E-state index contributed by atoms with van der Waals surface area (Å²) >= 11 is 0. The van der Waals surface area contributed by atoms with Crippen LogP contribution < -0.4 is 15.4 Å². The van der Waals surface area contributed by atoms with Crippen molar-refractivity contribution >= 4 is 17.4 Å². The van der Waals surface area contributed by atoms with E-state index < -0.39 is 0 Å². The number of hydrogen-bond donors (Lipinski definition) is 2. The van der Waals surface area contributed by atoms with Gasteiger partial charge in [0.05, 0.1) is 0 Å². The molecule has 0 unspecified atom stereocenters. The Hall–Kier alpha value is -4.20. The molecule has 0 aliphatic heterocycles. The molecular weight excluding hydrogens is 392 g/mol. The van der Waals surface area contributed by atoms with E-state index in [2.05, 4.69) is 32.5 Å². The number of aromatic nitrogens is 4. The molecule has 0 saturated heterocycles. The van der Waals surface area contributed by atoms with Crippen LogP contribution in [0, 0.1) is 6.92 Å². The van der Waals surface area contributed by atoms with Gasteiger partial charge in [0.25, 0.3) is 0 Å². The molecule has 0 fully saturated rings. The summed E-state index contributed by atoms with van der Waals surface area (Å²) in [5, 5.41) is 5.62. The van der Waals surface area contributed by atoms with Crippen molar-refractivity contribution in [2.75, 3.05) is 10.6 Å². The monoisotopic (exact) mass is 414 g/mol. The largest absolute Gasteiger partial charge is 0.439 e. The van der Waals surface area contributed by atoms with E-state index in [1.807, 2.05) is 42.0 Å². The number of nitrogens with zero attached hydrogens (tertiary/aromatic N) is 4. The van der Waals surface area contributed by atoms with Crippen LogP contribution in [0.3, 0.4) is 0 Å². The average molecular weight is 414 g/mol. The van der Waals surface area contributed by atoms with E-state index in [4.69, 9.17) is 4.74 Å². The third-order valence-corrected chi connectivity index (χ3v) is 4.65. The number of aryl methyl sites for hydroxylation is 2. The zero-order chi connectivity index (χ0) is 21.6. The topological polar surface area (TPSA) is 94.0 Å². The van der Waals surface area contributed by atoms with Crippen molar-refractivity contribution in [1.29, 1.82) is 0 Å². The minimum Gasteiger partial charge on any atom is -0.439 e. The molecule has 2 amide bonds. The lowest BCUT2D eigenvalue weighted by Gasteiger charge is -2.10. The summed E-state index contributed by atoms with van der Waals surface area (Å²) in [5.74, 6) is 2.49. The van der Waals surface area contributed by atoms with Crippen LogP contribution >= 0.6 is 0 Å². The molecule has 2 N–H and O–H groups in total. The maximum absolute atomic E-state index is 12.2. The molecule has 2 heterocycles. The van der Waals surface area contributed by atoms with Crippen molar-refractivity contribution in [1.82, 2.24) is 19.5 Å². The molecule has 0 saturated carbocycles. The normalized spacial score (nSPS) is 10.5. The van der Waals surface area contributed by atoms with Gasteiger partial charge in [-0.05, 0) is 55.3 Å². The molecule has 156 valence electrons. The number of rotatable bonds is 6. The molecule has 31 heavy (non-hydrogen) atoms. The first kappa shape index (κ1) is 20.1. The second-order valence-corrected chi connectivity index (χ2v) is 6.81. The maximum Gasteiger partial charge on any atom is 0.323 e. The summed E-state index contributed by atoms with van der Waals surface area (Å²) in [6, 6.07) is 16.2. The zero-order valence-electron chi connectivity index (χ0n) is 17.2. The number of carbonyl (C=O) groups is 1. The van der Waals surface area contributed by atoms with E-state index in [1.54, 1.807) is 36.5 Å². The highest BCUT2D eigenvalue weighted by Gasteiger charge is 2.07. The Kier molecular flexibility index (Phi) is 5.89. The fraction of sp³-hybridized carbons (Fsp3) is 0.130. The van der Waals surface area contributed by atoms with Crippen LogP contribution in [0.1, 0.15) is 18.3 Å². The first-order valence-corrected chi connectivity index (χ1v) is 9.88. The van der Waals surface area contributed by atoms with Gasteiger partial charge in [-0.2, -0.15) is 0 Å². The van der Waals surface area contributed by atoms with Crippen molar-refractivity contribution < 1.29 is 9.53 Å². The third kappa shape index (κ3) is 5.05. The molecule has 4 rings (SSSR count). The molecule has 0 radical (unpaired) electrons. The maximum atomic E-state index is 12.2. The number of ether oxygens (including phenoxy) is 1. The van der Waals surface area contributed by atoms with E-state index in [9.17, 15) is 4.79 Å². The van der Waals surface area contributed by atoms with Gasteiger partial charge in [0.2, 0.25) is 5.88 Å². The van der Waals surface area contributed by atoms with Gasteiger partial charge in [-0.1, -0.05) is 19.1 Å². The first-order chi connectivity index (χ1) is 15.1. The minimum atomic E-state index is -0.311. The van der Waals surface area contributed by atoms with Gasteiger partial charge in [-0.15, -0.1) is 0 Å². The SMILES string of the molecule is CCc1ccc(NC(=O)Nc2ccc(Oc3cc(-n4ccnc4C)ncn3)cc2)cc1. The predicted octanol–water partition coefficient (Wildman–Crippen LogP) is 4.97. The van der Waals surface area contributed by atoms with Crippen LogP contribution in [0.25, 0.3) is 5.82 Å². The Balaban J connectivity index is 1.37. The van der Waals surface area contributed by atoms with Crippen LogP contribution in [-0.2, 0) is 6.42 Å². The standard InChI is InChI=1S/C23H22N6O2/c1-3-17-4-6-18(7-5-17)27-23(30)28-19-8-10-20(11-9-19)31-22-14-21(25-15-26-22)29-13-12-24-16(29)2/h4-15H,3H2,1-2H3,(H2,27,28,30). The summed E-state index contributed by atoms with van der Waals surface area (Å²) in [7, 11) is 0. The van der Waals surface area contributed by atoms with Crippen molar-refractivity contribution in [3.05, 3.63) is 84.7 Å². The van der Waals surface area contributed by atoms with Gasteiger partial charge in [-0.25, -0.2) is 19.7 Å². The Morgan fingerprint density at radius 3 is 2.26 bits per heavy atom. The molecule has 2 aromatic carbocycles. The molecule has 0 aliphatic rings. The number of benzene rings is 2. The lowest BCUT2D eigenvalue weighted by molar-refractivity contribution is 0.262. The van der Waals surface area contributed by atoms with E-state index in [0.29, 0.717) is 23.1 Å². The highest BCUT2D eigenvalue weighted by Crippen LogP contribution is 2.23. The molecule has 8 heteroatoms. The predicted molar refractivity (Wildman–Crippen MR) is 119 cm³/mol. The second-order valence-electron chi connectivity index (χ2n) is 6.81. The first-order valence-electron chi connectivity index (χ1n) is 9.88. The number of anilines is 2. The quantitative estimate of drug-likeness (QED) is 0.465. The van der Waals surface area contributed by atoms with Crippen LogP contribution in [0.2, 0.25) is 0 Å². The molecule has 0 aliphatic carbocycles. The van der Waals surface area contributed by atoms with Crippen LogP contribution in [0.5, 0.6) is 11.6 Å². The molecular formula is C23H22N6O2. The minimum absolute atomic E-state index is 0.311. The second kappa shape index (κ2) is 9.08. The summed E-state index contributed by atoms with van der Waals surface area (Å²) in [6.07, 6.45) is 5.93. The Bertz CT molecular complexity index is 1170. The van der Waals surface area contributed by atoms with Crippen molar-refractivity contribution in [3.63, 3.8) is 0 Å². The average Bonchev–Trinajstić information content (AvgIpc) is 3.22. The molecule has 8 nitrogen and oxygen atoms in total. The molecule has 0 bridgehead atoms. The smallest absolute Gasteiger partial charge is 0.323 e. The summed E-state index contributed by atoms with van der Waals surface area (Å²) in [5.41, 5.74) is 2.60. The number of nitrogens with one attached hydrogen (secondary N) is 2. The van der Waals surface area contributed by atoms with Gasteiger partial charge in [0.15, 0.2) is 0 Å². The number of urea groups is 1. The number of imidazole rings is 1. The summed E-state index contributed by atoms with van der Waals surface area (Å²) in [6.45, 7) is 3.98. The van der Waals surface area contributed by atoms with E-state index >= 15 is 0 Å². The third-order valence-electron chi connectivity index (χ3n) is 4.65. The van der Waals surface area contributed by atoms with Gasteiger partial charge in [0, 0.05) is 29.8 Å². The van der Waals surface area contributed by atoms with E-state index in [1.165, 1.54) is 11.9 Å². The highest BCUT2D eigenvalue weighted by molar-refractivity contribution is 5.99. The van der Waals surface area contributed by atoms with E-state index in [0.717, 1.165) is 17.9 Å². The molecule has 2 aromatic heterocycles. The van der Waals surface area contributed by atoms with Gasteiger partial charge in [0.1, 0.15) is 23.7 Å². The zero-order valence-corrected chi connectivity index (χ0v) is 17.2. The Morgan fingerprint density at radius 1 is 0.968 bits per heavy atom. The van der Waals surface area contributed by atoms with Crippen molar-refractivity contribution in [2.24, 2.45) is 0 Å². The summed E-state index contributed by atoms with van der Waals surface area (Å²) < 4.78 is 7.66. The Morgan fingerprint density at radius 2 is 1.65 bits per heavy atom. The van der Waals surface area contributed by atoms with Crippen molar-refractivity contribution in [2.45, 2.75) is 20.3 Å². The van der Waals surface area contributed by atoms with Crippen LogP contribution in [0.15, 0.2) is 73.3 Å². The van der Waals surface area contributed by atoms with E-state index in [-0.39, 0.29) is 6.03 Å². The molecule has 4 aromatic rings. The van der Waals surface area contributed by atoms with Crippen LogP contribution in [-0.4, -0.2) is 25.6 Å². The highest BCUT2D eigenvalue weighted by atomic mass is 16.5. The van der Waals surface area contributed by atoms with Crippen molar-refractivity contribution in [3.8, 4) is 17.4 Å². The Labute approximate surface area is 180 Å².